The largest absolute Gasteiger partial charge is 0.314 e. The number of rotatable bonds is 2. The Bertz CT molecular complexity index is 812. The maximum absolute atomic E-state index is 13.0. The first kappa shape index (κ1) is 13.8. The van der Waals surface area contributed by atoms with Crippen molar-refractivity contribution in [1.29, 1.82) is 0 Å². The van der Waals surface area contributed by atoms with Crippen LogP contribution in [0, 0.1) is 5.92 Å². The smallest absolute Gasteiger partial charge is 0.230 e. The number of hydrogen-bond donors (Lipinski definition) is 1. The molecule has 3 unspecified atom stereocenters. The first-order chi connectivity index (χ1) is 11.8. The predicted octanol–water partition coefficient (Wildman–Crippen LogP) is 2.56. The van der Waals surface area contributed by atoms with E-state index in [4.69, 9.17) is 0 Å². The Hall–Kier alpha value is -2.63. The summed E-state index contributed by atoms with van der Waals surface area (Å²) in [6.07, 6.45) is 8.61. The molecule has 1 N–H and O–H groups in total. The van der Waals surface area contributed by atoms with E-state index in [0.717, 1.165) is 12.2 Å². The molecular formula is C18H19N5O. The van der Waals surface area contributed by atoms with Crippen molar-refractivity contribution in [2.45, 2.75) is 37.9 Å². The van der Waals surface area contributed by atoms with Crippen molar-refractivity contribution in [3.8, 4) is 0 Å². The molecule has 1 aromatic heterocycles. The van der Waals surface area contributed by atoms with E-state index in [2.05, 4.69) is 25.0 Å². The second-order valence-corrected chi connectivity index (χ2v) is 6.75. The van der Waals surface area contributed by atoms with Crippen LogP contribution in [0.4, 0.5) is 5.82 Å². The number of carbonyl (C=O) groups is 1. The average Bonchev–Trinajstić information content (AvgIpc) is 3.29. The highest BCUT2D eigenvalue weighted by atomic mass is 16.1. The Morgan fingerprint density at radius 3 is 2.88 bits per heavy atom. The monoisotopic (exact) mass is 321 g/mol. The van der Waals surface area contributed by atoms with Crippen LogP contribution in [0.3, 0.4) is 0 Å². The van der Waals surface area contributed by atoms with Gasteiger partial charge in [-0.1, -0.05) is 43.2 Å². The number of anilines is 1. The minimum atomic E-state index is -0.0485. The number of hydrazone groups is 1. The number of benzene rings is 1. The van der Waals surface area contributed by atoms with Gasteiger partial charge in [0.1, 0.15) is 12.0 Å². The van der Waals surface area contributed by atoms with E-state index in [1.165, 1.54) is 19.3 Å². The van der Waals surface area contributed by atoms with Gasteiger partial charge in [0.2, 0.25) is 11.6 Å². The molecule has 2 aliphatic heterocycles. The molecular weight excluding hydrogens is 302 g/mol. The topological polar surface area (TPSA) is 62.5 Å². The van der Waals surface area contributed by atoms with Crippen LogP contribution in [-0.2, 0) is 0 Å². The van der Waals surface area contributed by atoms with Crippen LogP contribution in [-0.4, -0.2) is 27.3 Å². The van der Waals surface area contributed by atoms with Gasteiger partial charge >= 0.3 is 0 Å². The first-order valence-electron chi connectivity index (χ1n) is 8.58. The Morgan fingerprint density at radius 2 is 2.00 bits per heavy atom. The molecule has 3 aliphatic rings. The van der Waals surface area contributed by atoms with E-state index in [1.54, 1.807) is 0 Å². The lowest BCUT2D eigenvalue weighted by molar-refractivity contribution is 0.106. The molecule has 3 atom stereocenters. The molecule has 1 saturated carbocycles. The molecule has 1 fully saturated rings. The van der Waals surface area contributed by atoms with Crippen LogP contribution in [0.5, 0.6) is 0 Å². The van der Waals surface area contributed by atoms with Gasteiger partial charge in [-0.25, -0.2) is 4.98 Å². The highest BCUT2D eigenvalue weighted by Crippen LogP contribution is 2.45. The summed E-state index contributed by atoms with van der Waals surface area (Å²) >= 11 is 0. The zero-order chi connectivity index (χ0) is 16.1. The fraction of sp³-hybridized carbons (Fsp3) is 0.389. The number of nitrogens with one attached hydrogen (secondary N) is 1. The third-order valence-electron chi connectivity index (χ3n) is 5.49. The van der Waals surface area contributed by atoms with Gasteiger partial charge in [-0.2, -0.15) is 5.10 Å². The standard InChI is InChI=1S/C18H19N5O/c24-16(12-6-2-1-3-7-12)18-21-20-17-13-8-4-5-9-14(13)22-11-19-10-15(22)23(17)18/h1-3,6-7,10-11,13-14,17,20H,4-5,8-9H2. The van der Waals surface area contributed by atoms with Gasteiger partial charge in [0.05, 0.1) is 12.5 Å². The Labute approximate surface area is 140 Å². The van der Waals surface area contributed by atoms with Crippen LogP contribution in [0.2, 0.25) is 0 Å². The lowest BCUT2D eigenvalue weighted by atomic mass is 9.80. The van der Waals surface area contributed by atoms with Crippen molar-refractivity contribution in [3.63, 3.8) is 0 Å². The van der Waals surface area contributed by atoms with Crippen LogP contribution in [0.25, 0.3) is 0 Å². The highest BCUT2D eigenvalue weighted by Gasteiger charge is 2.47. The second kappa shape index (κ2) is 5.19. The summed E-state index contributed by atoms with van der Waals surface area (Å²) in [7, 11) is 0. The number of fused-ring (bicyclic) bond motifs is 6. The van der Waals surface area contributed by atoms with E-state index in [9.17, 15) is 4.79 Å². The molecule has 0 bridgehead atoms. The van der Waals surface area contributed by atoms with E-state index < -0.39 is 0 Å². The van der Waals surface area contributed by atoms with Gasteiger partial charge in [0.15, 0.2) is 0 Å². The van der Waals surface area contributed by atoms with Crippen molar-refractivity contribution in [3.05, 3.63) is 48.4 Å². The summed E-state index contributed by atoms with van der Waals surface area (Å²) in [5.41, 5.74) is 3.90. The van der Waals surface area contributed by atoms with E-state index >= 15 is 0 Å². The minimum absolute atomic E-state index is 0.0485. The number of aromatic nitrogens is 2. The van der Waals surface area contributed by atoms with Crippen LogP contribution < -0.4 is 10.3 Å². The average molecular weight is 321 g/mol. The van der Waals surface area contributed by atoms with E-state index in [1.807, 2.05) is 42.9 Å². The molecule has 5 rings (SSSR count). The fourth-order valence-corrected chi connectivity index (χ4v) is 4.38. The zero-order valence-corrected chi connectivity index (χ0v) is 13.3. The molecule has 1 aromatic carbocycles. The summed E-state index contributed by atoms with van der Waals surface area (Å²) in [5, 5.41) is 4.43. The number of amidine groups is 1. The molecule has 0 amide bonds. The second-order valence-electron chi connectivity index (χ2n) is 6.75. The third-order valence-corrected chi connectivity index (χ3v) is 5.49. The molecule has 122 valence electrons. The van der Waals surface area contributed by atoms with Gasteiger partial charge < -0.3 is 4.57 Å². The van der Waals surface area contributed by atoms with Crippen LogP contribution in [0.1, 0.15) is 42.1 Å². The van der Waals surface area contributed by atoms with Gasteiger partial charge in [-0.15, -0.1) is 0 Å². The quantitative estimate of drug-likeness (QED) is 0.864. The fourth-order valence-electron chi connectivity index (χ4n) is 4.38. The maximum Gasteiger partial charge on any atom is 0.230 e. The van der Waals surface area contributed by atoms with E-state index in [-0.39, 0.29) is 11.9 Å². The predicted molar refractivity (Wildman–Crippen MR) is 90.8 cm³/mol. The molecule has 0 spiro atoms. The summed E-state index contributed by atoms with van der Waals surface area (Å²) < 4.78 is 2.24. The molecule has 2 aromatic rings. The molecule has 6 nitrogen and oxygen atoms in total. The maximum atomic E-state index is 13.0. The van der Waals surface area contributed by atoms with Gasteiger partial charge in [0, 0.05) is 17.5 Å². The number of imidazole rings is 1. The molecule has 24 heavy (non-hydrogen) atoms. The molecule has 6 heteroatoms. The summed E-state index contributed by atoms with van der Waals surface area (Å²) in [5.74, 6) is 1.84. The Kier molecular flexibility index (Phi) is 2.98. The van der Waals surface area contributed by atoms with Crippen molar-refractivity contribution in [2.75, 3.05) is 4.90 Å². The zero-order valence-electron chi connectivity index (χ0n) is 13.3. The molecule has 3 heterocycles. The van der Waals surface area contributed by atoms with Crippen molar-refractivity contribution >= 4 is 17.4 Å². The van der Waals surface area contributed by atoms with Crippen molar-refractivity contribution < 1.29 is 4.79 Å². The SMILES string of the molecule is O=C(C1=NNC2C3CCCCC3n3cncc3N12)c1ccccc1. The third kappa shape index (κ3) is 1.85. The van der Waals surface area contributed by atoms with Crippen molar-refractivity contribution in [2.24, 2.45) is 11.0 Å². The Balaban J connectivity index is 1.56. The first-order valence-corrected chi connectivity index (χ1v) is 8.58. The molecule has 0 radical (unpaired) electrons. The summed E-state index contributed by atoms with van der Waals surface area (Å²) in [6.45, 7) is 0. The van der Waals surface area contributed by atoms with Crippen molar-refractivity contribution in [1.82, 2.24) is 15.0 Å². The Morgan fingerprint density at radius 1 is 1.17 bits per heavy atom. The van der Waals surface area contributed by atoms with Gasteiger partial charge in [-0.3, -0.25) is 15.1 Å². The number of hydrogen-bond acceptors (Lipinski definition) is 5. The van der Waals surface area contributed by atoms with Gasteiger partial charge in [-0.05, 0) is 12.8 Å². The minimum Gasteiger partial charge on any atom is -0.314 e. The molecule has 1 aliphatic carbocycles. The highest BCUT2D eigenvalue weighted by molar-refractivity contribution is 6.49. The summed E-state index contributed by atoms with van der Waals surface area (Å²) in [6, 6.07) is 9.80. The molecule has 0 saturated heterocycles. The van der Waals surface area contributed by atoms with Gasteiger partial charge in [0.25, 0.3) is 0 Å². The van der Waals surface area contributed by atoms with E-state index in [0.29, 0.717) is 23.4 Å². The number of nitrogens with zero attached hydrogens (tertiary/aromatic N) is 4. The normalized spacial score (nSPS) is 27.6. The number of carbonyl (C=O) groups excluding carboxylic acids is 1. The van der Waals surface area contributed by atoms with Crippen LogP contribution >= 0.6 is 0 Å². The number of ketones is 1. The number of Topliss-reactive ketones (excluding diaryl/α,β-unsaturated/α-hetero) is 1. The summed E-state index contributed by atoms with van der Waals surface area (Å²) in [4.78, 5) is 19.4. The lowest BCUT2D eigenvalue weighted by Crippen LogP contribution is -2.54. The van der Waals surface area contributed by atoms with Crippen LogP contribution in [0.15, 0.2) is 48.0 Å². The lowest BCUT2D eigenvalue weighted by Gasteiger charge is -2.45.